The van der Waals surface area contributed by atoms with Gasteiger partial charge in [-0.15, -0.1) is 0 Å². The lowest BCUT2D eigenvalue weighted by atomic mass is 10.0. The third kappa shape index (κ3) is 60.1. The van der Waals surface area contributed by atoms with Gasteiger partial charge in [0.25, 0.3) is 0 Å². The van der Waals surface area contributed by atoms with Crippen molar-refractivity contribution in [3.63, 3.8) is 0 Å². The largest absolute Gasteiger partial charge is 0.462 e. The first-order valence-electron chi connectivity index (χ1n) is 32.1. The van der Waals surface area contributed by atoms with Crippen molar-refractivity contribution in [3.05, 3.63) is 48.6 Å². The molecule has 0 aromatic rings. The maximum Gasteiger partial charge on any atom is 0.306 e. The Kier molecular flexibility index (Phi) is 59.7. The molecule has 0 N–H and O–H groups in total. The molecule has 0 aliphatic rings. The fourth-order valence-corrected chi connectivity index (χ4v) is 9.41. The number of ether oxygens (including phenoxy) is 3. The van der Waals surface area contributed by atoms with Crippen molar-refractivity contribution in [1.82, 2.24) is 0 Å². The Hall–Kier alpha value is -2.63. The number of unbranched alkanes of at least 4 members (excludes halogenated alkanes) is 40. The summed E-state index contributed by atoms with van der Waals surface area (Å²) in [7, 11) is 0. The van der Waals surface area contributed by atoms with Crippen LogP contribution < -0.4 is 0 Å². The number of allylic oxidation sites excluding steroid dienone is 8. The Labute approximate surface area is 454 Å². The van der Waals surface area contributed by atoms with Crippen molar-refractivity contribution >= 4 is 17.9 Å². The second-order valence-corrected chi connectivity index (χ2v) is 21.7. The van der Waals surface area contributed by atoms with Gasteiger partial charge in [0.1, 0.15) is 13.2 Å². The molecule has 0 saturated heterocycles. The summed E-state index contributed by atoms with van der Waals surface area (Å²) in [6.07, 6.45) is 76.9. The van der Waals surface area contributed by atoms with Crippen molar-refractivity contribution in [2.75, 3.05) is 13.2 Å². The van der Waals surface area contributed by atoms with Crippen LogP contribution in [-0.2, 0) is 28.6 Å². The van der Waals surface area contributed by atoms with Crippen molar-refractivity contribution < 1.29 is 28.6 Å². The molecular formula is C67H122O6. The van der Waals surface area contributed by atoms with Crippen LogP contribution in [0.25, 0.3) is 0 Å². The number of hydrogen-bond donors (Lipinski definition) is 0. The average Bonchev–Trinajstić information content (AvgIpc) is 3.39. The predicted octanol–water partition coefficient (Wildman–Crippen LogP) is 21.8. The van der Waals surface area contributed by atoms with E-state index >= 15 is 0 Å². The van der Waals surface area contributed by atoms with Crippen molar-refractivity contribution in [2.45, 2.75) is 348 Å². The summed E-state index contributed by atoms with van der Waals surface area (Å²) in [6.45, 7) is 6.60. The van der Waals surface area contributed by atoms with E-state index < -0.39 is 6.10 Å². The van der Waals surface area contributed by atoms with Crippen LogP contribution in [0.15, 0.2) is 48.6 Å². The maximum absolute atomic E-state index is 12.9. The van der Waals surface area contributed by atoms with Crippen molar-refractivity contribution in [3.8, 4) is 0 Å². The Morgan fingerprint density at radius 3 is 0.822 bits per heavy atom. The van der Waals surface area contributed by atoms with Crippen LogP contribution in [-0.4, -0.2) is 37.2 Å². The molecule has 0 radical (unpaired) electrons. The van der Waals surface area contributed by atoms with Gasteiger partial charge >= 0.3 is 17.9 Å². The Bertz CT molecular complexity index is 1270. The van der Waals surface area contributed by atoms with Crippen LogP contribution in [0.5, 0.6) is 0 Å². The number of rotatable bonds is 59. The summed E-state index contributed by atoms with van der Waals surface area (Å²) >= 11 is 0. The van der Waals surface area contributed by atoms with Gasteiger partial charge in [-0.25, -0.2) is 0 Å². The molecule has 0 amide bonds. The minimum absolute atomic E-state index is 0.0770. The highest BCUT2D eigenvalue weighted by Crippen LogP contribution is 2.17. The molecule has 0 aromatic carbocycles. The van der Waals surface area contributed by atoms with Gasteiger partial charge in [0.2, 0.25) is 0 Å². The van der Waals surface area contributed by atoms with Crippen molar-refractivity contribution in [1.29, 1.82) is 0 Å². The van der Waals surface area contributed by atoms with Gasteiger partial charge in [0, 0.05) is 19.3 Å². The lowest BCUT2D eigenvalue weighted by Gasteiger charge is -2.18. The van der Waals surface area contributed by atoms with Crippen LogP contribution >= 0.6 is 0 Å². The fourth-order valence-electron chi connectivity index (χ4n) is 9.41. The number of hydrogen-bond acceptors (Lipinski definition) is 6. The first-order chi connectivity index (χ1) is 36.0. The first-order valence-corrected chi connectivity index (χ1v) is 32.1. The molecule has 6 heteroatoms. The molecular weight excluding hydrogens is 901 g/mol. The molecule has 1 atom stereocenters. The standard InChI is InChI=1S/C67H122O6/c1-4-7-10-13-16-19-22-25-27-29-30-31-32-33-34-35-36-38-39-42-45-48-51-54-57-60-66(69)72-63-64(62-71-65(68)59-56-53-50-47-44-41-24-21-18-15-12-9-6-3)73-67(70)61-58-55-52-49-46-43-40-37-28-26-23-20-17-14-11-8-5-2/h12,15,21,24,26,28-30,64H,4-11,13-14,16-20,22-23,25,27,31-63H2,1-3H3/b15-12-,24-21-,28-26-,30-29-. The topological polar surface area (TPSA) is 78.9 Å². The number of carbonyl (C=O) groups is 3. The van der Waals surface area contributed by atoms with E-state index in [1.165, 1.54) is 218 Å². The molecule has 0 spiro atoms. The first kappa shape index (κ1) is 70.4. The molecule has 0 aromatic heterocycles. The minimum Gasteiger partial charge on any atom is -0.462 e. The molecule has 0 aliphatic carbocycles. The van der Waals surface area contributed by atoms with Crippen LogP contribution in [0.2, 0.25) is 0 Å². The minimum atomic E-state index is -0.781. The summed E-state index contributed by atoms with van der Waals surface area (Å²) in [5, 5.41) is 0. The molecule has 0 rings (SSSR count). The smallest absolute Gasteiger partial charge is 0.306 e. The summed E-state index contributed by atoms with van der Waals surface area (Å²) in [6, 6.07) is 0. The Balaban J connectivity index is 4.26. The number of carbonyl (C=O) groups excluding carboxylic acids is 3. The van der Waals surface area contributed by atoms with Gasteiger partial charge in [-0.05, 0) is 96.3 Å². The molecule has 6 nitrogen and oxygen atoms in total. The van der Waals surface area contributed by atoms with E-state index in [0.29, 0.717) is 19.3 Å². The van der Waals surface area contributed by atoms with Gasteiger partial charge in [0.15, 0.2) is 6.10 Å². The van der Waals surface area contributed by atoms with Gasteiger partial charge in [-0.3, -0.25) is 14.4 Å². The second-order valence-electron chi connectivity index (χ2n) is 21.7. The van der Waals surface area contributed by atoms with Crippen LogP contribution in [0, 0.1) is 0 Å². The predicted molar refractivity (Wildman–Crippen MR) is 316 cm³/mol. The van der Waals surface area contributed by atoms with E-state index in [-0.39, 0.29) is 31.1 Å². The third-order valence-corrected chi connectivity index (χ3v) is 14.3. The highest BCUT2D eigenvalue weighted by atomic mass is 16.6. The van der Waals surface area contributed by atoms with Gasteiger partial charge in [-0.2, -0.15) is 0 Å². The second kappa shape index (κ2) is 61.9. The highest BCUT2D eigenvalue weighted by molar-refractivity contribution is 5.71. The lowest BCUT2D eigenvalue weighted by Crippen LogP contribution is -2.30. The van der Waals surface area contributed by atoms with Crippen LogP contribution in [0.3, 0.4) is 0 Å². The third-order valence-electron chi connectivity index (χ3n) is 14.3. The summed E-state index contributed by atoms with van der Waals surface area (Å²) in [4.78, 5) is 38.3. The van der Waals surface area contributed by atoms with Gasteiger partial charge < -0.3 is 14.2 Å². The molecule has 73 heavy (non-hydrogen) atoms. The van der Waals surface area contributed by atoms with E-state index in [4.69, 9.17) is 14.2 Å². The van der Waals surface area contributed by atoms with E-state index in [9.17, 15) is 14.4 Å². The number of esters is 3. The van der Waals surface area contributed by atoms with E-state index in [1.54, 1.807) is 0 Å². The zero-order valence-electron chi connectivity index (χ0n) is 48.9. The van der Waals surface area contributed by atoms with E-state index in [0.717, 1.165) is 83.5 Å². The molecule has 0 heterocycles. The SMILES string of the molecule is CCC/C=C\C/C=C\CCCCCCCC(=O)OCC(COC(=O)CCCCCCCCCCCCCCC/C=C\CCCCCCCCCC)OC(=O)CCCCCCCCC/C=C\CCCCCCCC. The van der Waals surface area contributed by atoms with Gasteiger partial charge in [0.05, 0.1) is 0 Å². The zero-order valence-corrected chi connectivity index (χ0v) is 48.9. The summed E-state index contributed by atoms with van der Waals surface area (Å²) in [5.41, 5.74) is 0. The van der Waals surface area contributed by atoms with E-state index in [1.807, 2.05) is 0 Å². The highest BCUT2D eigenvalue weighted by Gasteiger charge is 2.19. The van der Waals surface area contributed by atoms with Crippen LogP contribution in [0.4, 0.5) is 0 Å². The Morgan fingerprint density at radius 2 is 0.521 bits per heavy atom. The van der Waals surface area contributed by atoms with Gasteiger partial charge in [-0.1, -0.05) is 275 Å². The Morgan fingerprint density at radius 1 is 0.274 bits per heavy atom. The monoisotopic (exact) mass is 1020 g/mol. The lowest BCUT2D eigenvalue weighted by molar-refractivity contribution is -0.167. The van der Waals surface area contributed by atoms with Crippen LogP contribution in [0.1, 0.15) is 342 Å². The molecule has 0 bridgehead atoms. The molecule has 0 fully saturated rings. The zero-order chi connectivity index (χ0) is 52.9. The normalized spacial score (nSPS) is 12.3. The quantitative estimate of drug-likeness (QED) is 0.0261. The maximum atomic E-state index is 12.9. The summed E-state index contributed by atoms with van der Waals surface area (Å²) < 4.78 is 16.9. The summed E-state index contributed by atoms with van der Waals surface area (Å²) in [5.74, 6) is -0.879. The fraction of sp³-hybridized carbons (Fsp3) is 0.836. The van der Waals surface area contributed by atoms with E-state index in [2.05, 4.69) is 69.4 Å². The average molecular weight is 1020 g/mol. The molecule has 0 aliphatic heterocycles. The van der Waals surface area contributed by atoms with Crippen molar-refractivity contribution in [2.24, 2.45) is 0 Å². The molecule has 426 valence electrons. The molecule has 1 unspecified atom stereocenters. The molecule has 0 saturated carbocycles.